The Morgan fingerprint density at radius 2 is 2.26 bits per heavy atom. The van der Waals surface area contributed by atoms with Gasteiger partial charge in [-0.15, -0.1) is 0 Å². The largest absolute Gasteiger partial charge is 0.368 e. The maximum atomic E-state index is 4.44. The van der Waals surface area contributed by atoms with Gasteiger partial charge in [-0.25, -0.2) is 9.97 Å². The molecule has 2 fully saturated rings. The Morgan fingerprint density at radius 1 is 1.37 bits per heavy atom. The molecule has 2 saturated heterocycles. The van der Waals surface area contributed by atoms with Crippen LogP contribution in [0.3, 0.4) is 0 Å². The highest BCUT2D eigenvalue weighted by Crippen LogP contribution is 2.37. The van der Waals surface area contributed by atoms with E-state index in [2.05, 4.69) is 45.4 Å². The lowest BCUT2D eigenvalue weighted by Gasteiger charge is -2.23. The molecule has 0 radical (unpaired) electrons. The number of rotatable bonds is 3. The van der Waals surface area contributed by atoms with Crippen molar-refractivity contribution in [3.63, 3.8) is 0 Å². The van der Waals surface area contributed by atoms with Crippen LogP contribution in [-0.2, 0) is 0 Å². The Hall–Kier alpha value is -1.36. The van der Waals surface area contributed by atoms with E-state index in [1.807, 2.05) is 0 Å². The van der Waals surface area contributed by atoms with Crippen LogP contribution in [0.1, 0.15) is 26.7 Å². The second-order valence-electron chi connectivity index (χ2n) is 6.16. The summed E-state index contributed by atoms with van der Waals surface area (Å²) < 4.78 is 0. The average Bonchev–Trinajstić information content (AvgIpc) is 3.00. The van der Waals surface area contributed by atoms with Crippen molar-refractivity contribution in [3.8, 4) is 0 Å². The predicted molar refractivity (Wildman–Crippen MR) is 77.5 cm³/mol. The lowest BCUT2D eigenvalue weighted by atomic mass is 9.87. The zero-order valence-corrected chi connectivity index (χ0v) is 11.8. The minimum absolute atomic E-state index is 0.395. The third-order valence-electron chi connectivity index (χ3n) is 4.18. The Kier molecular flexibility index (Phi) is 3.31. The number of nitrogens with one attached hydrogen (secondary N) is 2. The summed E-state index contributed by atoms with van der Waals surface area (Å²) in [6, 6.07) is 2.47. The van der Waals surface area contributed by atoms with Gasteiger partial charge >= 0.3 is 0 Å². The van der Waals surface area contributed by atoms with Crippen molar-refractivity contribution >= 4 is 11.6 Å². The highest BCUT2D eigenvalue weighted by Gasteiger charge is 2.40. The number of anilines is 2. The number of nitrogens with zero attached hydrogens (tertiary/aromatic N) is 3. The van der Waals surface area contributed by atoms with Crippen LogP contribution in [0.5, 0.6) is 0 Å². The standard InChI is InChI=1S/C14H23N5/c1-11(2)18-12-7-13(17-10-16-12)19-6-4-14(9-19)3-5-15-8-14/h7,10-11,15H,3-6,8-9H2,1-2H3,(H,16,17,18). The van der Waals surface area contributed by atoms with Crippen molar-refractivity contribution in [2.45, 2.75) is 32.7 Å². The van der Waals surface area contributed by atoms with Gasteiger partial charge in [0.25, 0.3) is 0 Å². The summed E-state index contributed by atoms with van der Waals surface area (Å²) >= 11 is 0. The molecule has 2 aliphatic rings. The van der Waals surface area contributed by atoms with Gasteiger partial charge in [-0.05, 0) is 33.2 Å². The first-order valence-electron chi connectivity index (χ1n) is 7.21. The van der Waals surface area contributed by atoms with Crippen LogP contribution < -0.4 is 15.5 Å². The molecule has 3 rings (SSSR count). The monoisotopic (exact) mass is 261 g/mol. The van der Waals surface area contributed by atoms with E-state index >= 15 is 0 Å². The van der Waals surface area contributed by atoms with Crippen LogP contribution in [0.4, 0.5) is 11.6 Å². The van der Waals surface area contributed by atoms with Crippen LogP contribution in [-0.4, -0.2) is 42.2 Å². The van der Waals surface area contributed by atoms with E-state index in [1.165, 1.54) is 12.8 Å². The van der Waals surface area contributed by atoms with E-state index in [-0.39, 0.29) is 0 Å². The number of hydrogen-bond acceptors (Lipinski definition) is 5. The molecular weight excluding hydrogens is 238 g/mol. The molecule has 1 aromatic heterocycles. The average molecular weight is 261 g/mol. The van der Waals surface area contributed by atoms with Gasteiger partial charge in [0, 0.05) is 37.2 Å². The molecule has 0 bridgehead atoms. The summed E-state index contributed by atoms with van der Waals surface area (Å²) in [4.78, 5) is 11.1. The second-order valence-corrected chi connectivity index (χ2v) is 6.16. The number of hydrogen-bond donors (Lipinski definition) is 2. The van der Waals surface area contributed by atoms with Crippen molar-refractivity contribution in [2.75, 3.05) is 36.4 Å². The maximum absolute atomic E-state index is 4.44. The van der Waals surface area contributed by atoms with Crippen LogP contribution in [0.15, 0.2) is 12.4 Å². The summed E-state index contributed by atoms with van der Waals surface area (Å²) in [7, 11) is 0. The quantitative estimate of drug-likeness (QED) is 0.863. The summed E-state index contributed by atoms with van der Waals surface area (Å²) in [6.07, 6.45) is 4.24. The van der Waals surface area contributed by atoms with Crippen LogP contribution in [0.2, 0.25) is 0 Å². The Morgan fingerprint density at radius 3 is 3.00 bits per heavy atom. The molecule has 1 spiro atoms. The van der Waals surface area contributed by atoms with Crippen molar-refractivity contribution in [3.05, 3.63) is 12.4 Å². The normalized spacial score (nSPS) is 26.6. The number of aromatic nitrogens is 2. The fraction of sp³-hybridized carbons (Fsp3) is 0.714. The molecule has 2 aliphatic heterocycles. The van der Waals surface area contributed by atoms with Gasteiger partial charge in [-0.1, -0.05) is 0 Å². The van der Waals surface area contributed by atoms with E-state index < -0.39 is 0 Å². The van der Waals surface area contributed by atoms with E-state index in [1.54, 1.807) is 6.33 Å². The lowest BCUT2D eigenvalue weighted by molar-refractivity contribution is 0.369. The molecule has 0 aliphatic carbocycles. The molecule has 0 saturated carbocycles. The molecule has 104 valence electrons. The fourth-order valence-corrected chi connectivity index (χ4v) is 3.17. The Bertz CT molecular complexity index is 439. The topological polar surface area (TPSA) is 53.1 Å². The highest BCUT2D eigenvalue weighted by molar-refractivity contribution is 5.49. The summed E-state index contributed by atoms with van der Waals surface area (Å²) in [5.41, 5.74) is 0.483. The highest BCUT2D eigenvalue weighted by atomic mass is 15.2. The molecule has 0 aromatic carbocycles. The third-order valence-corrected chi connectivity index (χ3v) is 4.18. The summed E-state index contributed by atoms with van der Waals surface area (Å²) in [6.45, 7) is 8.80. The zero-order valence-electron chi connectivity index (χ0n) is 11.8. The SMILES string of the molecule is CC(C)Nc1cc(N2CCC3(CCNC3)C2)ncn1. The summed E-state index contributed by atoms with van der Waals surface area (Å²) in [5, 5.41) is 6.83. The molecule has 0 amide bonds. The van der Waals surface area contributed by atoms with Crippen LogP contribution >= 0.6 is 0 Å². The van der Waals surface area contributed by atoms with Gasteiger partial charge in [-0.3, -0.25) is 0 Å². The maximum Gasteiger partial charge on any atom is 0.134 e. The smallest absolute Gasteiger partial charge is 0.134 e. The van der Waals surface area contributed by atoms with Crippen LogP contribution in [0, 0.1) is 5.41 Å². The minimum atomic E-state index is 0.395. The molecule has 3 heterocycles. The molecule has 1 aromatic rings. The van der Waals surface area contributed by atoms with Crippen molar-refractivity contribution in [1.29, 1.82) is 0 Å². The minimum Gasteiger partial charge on any atom is -0.368 e. The van der Waals surface area contributed by atoms with Gasteiger partial charge in [-0.2, -0.15) is 0 Å². The first kappa shape index (κ1) is 12.7. The second kappa shape index (κ2) is 4.96. The Balaban J connectivity index is 1.72. The molecule has 5 nitrogen and oxygen atoms in total. The predicted octanol–water partition coefficient (Wildman–Crippen LogP) is 1.49. The van der Waals surface area contributed by atoms with Gasteiger partial charge < -0.3 is 15.5 Å². The zero-order chi connectivity index (χ0) is 13.3. The third kappa shape index (κ3) is 2.66. The first-order chi connectivity index (χ1) is 9.17. The summed E-state index contributed by atoms with van der Waals surface area (Å²) in [5.74, 6) is 1.98. The fourth-order valence-electron chi connectivity index (χ4n) is 3.17. The van der Waals surface area contributed by atoms with E-state index in [0.717, 1.165) is 37.8 Å². The van der Waals surface area contributed by atoms with Crippen LogP contribution in [0.25, 0.3) is 0 Å². The van der Waals surface area contributed by atoms with Crippen molar-refractivity contribution in [1.82, 2.24) is 15.3 Å². The van der Waals surface area contributed by atoms with Gasteiger partial charge in [0.05, 0.1) is 0 Å². The molecule has 1 unspecified atom stereocenters. The lowest BCUT2D eigenvalue weighted by Crippen LogP contribution is -2.29. The van der Waals surface area contributed by atoms with E-state index in [9.17, 15) is 0 Å². The van der Waals surface area contributed by atoms with E-state index in [0.29, 0.717) is 11.5 Å². The molecule has 19 heavy (non-hydrogen) atoms. The van der Waals surface area contributed by atoms with Gasteiger partial charge in [0.2, 0.25) is 0 Å². The Labute approximate surface area is 114 Å². The van der Waals surface area contributed by atoms with E-state index in [4.69, 9.17) is 0 Å². The molecule has 5 heteroatoms. The van der Waals surface area contributed by atoms with Crippen molar-refractivity contribution < 1.29 is 0 Å². The van der Waals surface area contributed by atoms with Gasteiger partial charge in [0.1, 0.15) is 18.0 Å². The molecule has 1 atom stereocenters. The van der Waals surface area contributed by atoms with Gasteiger partial charge in [0.15, 0.2) is 0 Å². The first-order valence-corrected chi connectivity index (χ1v) is 7.21. The molecular formula is C14H23N5. The van der Waals surface area contributed by atoms with Crippen molar-refractivity contribution in [2.24, 2.45) is 5.41 Å². The molecule has 2 N–H and O–H groups in total.